The van der Waals surface area contributed by atoms with Crippen molar-refractivity contribution >= 4 is 38.5 Å². The van der Waals surface area contributed by atoms with E-state index in [1.54, 1.807) is 36.7 Å². The van der Waals surface area contributed by atoms with Gasteiger partial charge in [0.2, 0.25) is 5.91 Å². The topological polar surface area (TPSA) is 156 Å². The molecule has 3 N–H and O–H groups in total. The van der Waals surface area contributed by atoms with Crippen molar-refractivity contribution in [3.8, 4) is 0 Å². The van der Waals surface area contributed by atoms with Crippen molar-refractivity contribution < 1.29 is 29.0 Å². The predicted octanol–water partition coefficient (Wildman–Crippen LogP) is 3.62. The Kier molecular flexibility index (Phi) is 9.12. The fourth-order valence-electron chi connectivity index (χ4n) is 3.08. The van der Waals surface area contributed by atoms with Crippen LogP contribution >= 0.6 is 11.3 Å². The number of fused-ring (bicyclic) bond motifs is 1. The molecule has 0 radical (unpaired) electrons. The second-order valence-corrected chi connectivity index (χ2v) is 8.28. The average molecular weight is 489 g/mol. The highest BCUT2D eigenvalue weighted by atomic mass is 32.1. The number of ether oxygens (including phenoxy) is 2. The fraction of sp³-hybridized carbons (Fsp3) is 0.318. The van der Waals surface area contributed by atoms with Gasteiger partial charge < -0.3 is 25.4 Å². The van der Waals surface area contributed by atoms with Crippen molar-refractivity contribution in [1.82, 2.24) is 4.98 Å². The van der Waals surface area contributed by atoms with Crippen molar-refractivity contribution in [3.63, 3.8) is 0 Å². The summed E-state index contributed by atoms with van der Waals surface area (Å²) in [6, 6.07) is 10.8. The Labute approximate surface area is 198 Å². The van der Waals surface area contributed by atoms with Crippen LogP contribution in [0.1, 0.15) is 29.9 Å². The van der Waals surface area contributed by atoms with Crippen LogP contribution < -0.4 is 11.1 Å². The first kappa shape index (κ1) is 24.9. The maximum Gasteiger partial charge on any atom is 0.508 e. The molecule has 2 aromatic heterocycles. The highest BCUT2D eigenvalue weighted by Crippen LogP contribution is 2.29. The van der Waals surface area contributed by atoms with E-state index < -0.39 is 17.2 Å². The van der Waals surface area contributed by atoms with Gasteiger partial charge in [-0.15, -0.1) is 21.5 Å². The number of hydrogen-bond acceptors (Lipinski definition) is 10. The Morgan fingerprint density at radius 3 is 2.62 bits per heavy atom. The highest BCUT2D eigenvalue weighted by molar-refractivity contribution is 7.22. The Hall–Kier alpha value is -3.77. The van der Waals surface area contributed by atoms with Gasteiger partial charge in [0.15, 0.2) is 0 Å². The summed E-state index contributed by atoms with van der Waals surface area (Å²) in [5.41, 5.74) is 7.33. The van der Waals surface area contributed by atoms with Crippen molar-refractivity contribution in [1.29, 1.82) is 0 Å². The summed E-state index contributed by atoms with van der Waals surface area (Å²) in [4.78, 5) is 42.7. The van der Waals surface area contributed by atoms with Gasteiger partial charge in [0.05, 0.1) is 28.8 Å². The number of nitrogens with one attached hydrogen (secondary N) is 1. The molecule has 0 bridgehead atoms. The number of hydrogen-bond donors (Lipinski definition) is 2. The summed E-state index contributed by atoms with van der Waals surface area (Å²) in [7, 11) is 0. The molecule has 0 saturated heterocycles. The van der Waals surface area contributed by atoms with Crippen LogP contribution in [0.4, 0.5) is 9.80 Å². The molecule has 0 saturated carbocycles. The molecular weight excluding hydrogens is 464 g/mol. The standard InChI is InChI=1S/C22H24N4O7S/c23-12-18(21(27)25-20-11-17-7-8-24-13-19(17)34-20)16-5-3-15(4-6-16)14-32-22(28)31-9-1-2-10-33-26(29)30/h3-8,11,13,18H,1-2,9-10,12,14,23H2,(H,25,27)/t18-/m1/s1. The first-order valence-electron chi connectivity index (χ1n) is 10.5. The highest BCUT2D eigenvalue weighted by Gasteiger charge is 2.20. The van der Waals surface area contributed by atoms with Gasteiger partial charge in [0, 0.05) is 18.9 Å². The van der Waals surface area contributed by atoms with Gasteiger partial charge in [-0.1, -0.05) is 24.3 Å². The van der Waals surface area contributed by atoms with Gasteiger partial charge >= 0.3 is 6.16 Å². The first-order valence-corrected chi connectivity index (χ1v) is 11.3. The van der Waals surface area contributed by atoms with E-state index >= 15 is 0 Å². The lowest BCUT2D eigenvalue weighted by molar-refractivity contribution is -0.757. The molecule has 0 unspecified atom stereocenters. The molecule has 34 heavy (non-hydrogen) atoms. The minimum atomic E-state index is -0.869. The largest absolute Gasteiger partial charge is 0.508 e. The van der Waals surface area contributed by atoms with E-state index in [0.29, 0.717) is 18.4 Å². The van der Waals surface area contributed by atoms with E-state index in [1.807, 2.05) is 12.1 Å². The van der Waals surface area contributed by atoms with Crippen LogP contribution in [0.3, 0.4) is 0 Å². The van der Waals surface area contributed by atoms with Crippen LogP contribution in [-0.4, -0.2) is 41.9 Å². The zero-order chi connectivity index (χ0) is 24.3. The maximum absolute atomic E-state index is 12.8. The van der Waals surface area contributed by atoms with Crippen LogP contribution in [0, 0.1) is 10.1 Å². The summed E-state index contributed by atoms with van der Waals surface area (Å²) in [6.07, 6.45) is 3.41. The summed E-state index contributed by atoms with van der Waals surface area (Å²) in [6.45, 7) is 0.148. The van der Waals surface area contributed by atoms with Gasteiger partial charge in [0.25, 0.3) is 5.09 Å². The molecular formula is C22H24N4O7S. The van der Waals surface area contributed by atoms with Crippen molar-refractivity contribution in [2.75, 3.05) is 25.1 Å². The van der Waals surface area contributed by atoms with E-state index in [9.17, 15) is 19.7 Å². The van der Waals surface area contributed by atoms with Crippen LogP contribution in [-0.2, 0) is 25.7 Å². The smallest absolute Gasteiger partial charge is 0.434 e. The molecule has 180 valence electrons. The van der Waals surface area contributed by atoms with Gasteiger partial charge in [-0.05, 0) is 41.5 Å². The third-order valence-electron chi connectivity index (χ3n) is 4.82. The summed E-state index contributed by atoms with van der Waals surface area (Å²) >= 11 is 1.44. The summed E-state index contributed by atoms with van der Waals surface area (Å²) in [5.74, 6) is -0.749. The minimum absolute atomic E-state index is 0.00113. The maximum atomic E-state index is 12.8. The van der Waals surface area contributed by atoms with Gasteiger partial charge in [-0.25, -0.2) is 4.79 Å². The lowest BCUT2D eigenvalue weighted by Gasteiger charge is -2.15. The molecule has 0 aliphatic carbocycles. The van der Waals surface area contributed by atoms with Gasteiger partial charge in [0.1, 0.15) is 6.61 Å². The Morgan fingerprint density at radius 1 is 1.15 bits per heavy atom. The van der Waals surface area contributed by atoms with E-state index in [4.69, 9.17) is 15.2 Å². The second-order valence-electron chi connectivity index (χ2n) is 7.19. The molecule has 1 amide bonds. The normalized spacial score (nSPS) is 11.6. The van der Waals surface area contributed by atoms with Crippen molar-refractivity contribution in [3.05, 3.63) is 70.0 Å². The number of rotatable bonds is 12. The number of nitrogens with two attached hydrogens (primary N) is 1. The lowest BCUT2D eigenvalue weighted by Crippen LogP contribution is -2.27. The number of pyridine rings is 1. The van der Waals surface area contributed by atoms with Crippen LogP contribution in [0.2, 0.25) is 0 Å². The lowest BCUT2D eigenvalue weighted by atomic mass is 9.97. The molecule has 3 aromatic rings. The minimum Gasteiger partial charge on any atom is -0.434 e. The van der Waals surface area contributed by atoms with E-state index in [0.717, 1.165) is 20.7 Å². The van der Waals surface area contributed by atoms with Crippen LogP contribution in [0.15, 0.2) is 48.8 Å². The van der Waals surface area contributed by atoms with E-state index in [1.165, 1.54) is 11.3 Å². The van der Waals surface area contributed by atoms with E-state index in [-0.39, 0.29) is 32.3 Å². The zero-order valence-electron chi connectivity index (χ0n) is 18.2. The zero-order valence-corrected chi connectivity index (χ0v) is 19.0. The third kappa shape index (κ3) is 7.39. The Balaban J connectivity index is 1.45. The molecule has 1 aromatic carbocycles. The molecule has 12 heteroatoms. The average Bonchev–Trinajstić information content (AvgIpc) is 3.23. The SMILES string of the molecule is NC[C@@H](C(=O)Nc1cc2ccncc2s1)c1ccc(COC(=O)OCCCCO[N+](=O)[O-])cc1. The Bertz CT molecular complexity index is 1090. The summed E-state index contributed by atoms with van der Waals surface area (Å²) in [5, 5.41) is 13.8. The number of nitrogens with zero attached hydrogens (tertiary/aromatic N) is 2. The molecule has 0 aliphatic heterocycles. The number of carbonyl (C=O) groups excluding carboxylic acids is 2. The number of thiophene rings is 1. The molecule has 3 rings (SSSR count). The van der Waals surface area contributed by atoms with E-state index in [2.05, 4.69) is 15.1 Å². The van der Waals surface area contributed by atoms with Gasteiger partial charge in [-0.3, -0.25) is 9.78 Å². The quantitative estimate of drug-likeness (QED) is 0.168. The number of aromatic nitrogens is 1. The molecule has 1 atom stereocenters. The van der Waals surface area contributed by atoms with Crippen LogP contribution in [0.25, 0.3) is 10.1 Å². The molecule has 0 fully saturated rings. The van der Waals surface area contributed by atoms with Crippen molar-refractivity contribution in [2.45, 2.75) is 25.4 Å². The molecule has 11 nitrogen and oxygen atoms in total. The second kappa shape index (κ2) is 12.5. The number of carbonyl (C=O) groups is 2. The first-order chi connectivity index (χ1) is 16.5. The molecule has 0 spiro atoms. The monoisotopic (exact) mass is 488 g/mol. The molecule has 2 heterocycles. The number of amides is 1. The molecule has 0 aliphatic rings. The van der Waals surface area contributed by atoms with Crippen molar-refractivity contribution in [2.24, 2.45) is 5.73 Å². The van der Waals surface area contributed by atoms with Crippen LogP contribution in [0.5, 0.6) is 0 Å². The summed E-state index contributed by atoms with van der Waals surface area (Å²) < 4.78 is 10.9. The number of unbranched alkanes of at least 4 members (excludes halogenated alkanes) is 1. The Morgan fingerprint density at radius 2 is 1.91 bits per heavy atom. The predicted molar refractivity (Wildman–Crippen MR) is 125 cm³/mol. The van der Waals surface area contributed by atoms with Gasteiger partial charge in [-0.2, -0.15) is 0 Å². The number of anilines is 1. The third-order valence-corrected chi connectivity index (χ3v) is 5.82. The number of benzene rings is 1. The fourth-order valence-corrected chi connectivity index (χ4v) is 4.01.